The quantitative estimate of drug-likeness (QED) is 0.825. The highest BCUT2D eigenvalue weighted by Gasteiger charge is 2.39. The molecule has 0 aromatic carbocycles. The van der Waals surface area contributed by atoms with E-state index in [9.17, 15) is 9.59 Å². The molecule has 0 bridgehead atoms. The first-order valence-electron chi connectivity index (χ1n) is 8.68. The number of nitrogens with zero attached hydrogens (tertiary/aromatic N) is 5. The molecule has 2 N–H and O–H groups in total. The number of rotatable bonds is 5. The van der Waals surface area contributed by atoms with E-state index < -0.39 is 0 Å². The average Bonchev–Trinajstić information content (AvgIpc) is 3.20. The molecule has 26 heavy (non-hydrogen) atoms. The molecule has 1 aliphatic heterocycles. The summed E-state index contributed by atoms with van der Waals surface area (Å²) in [7, 11) is 0. The van der Waals surface area contributed by atoms with Crippen LogP contribution in [0.4, 0.5) is 0 Å². The van der Waals surface area contributed by atoms with E-state index in [1.54, 1.807) is 4.90 Å². The molecule has 0 aliphatic carbocycles. The summed E-state index contributed by atoms with van der Waals surface area (Å²) in [4.78, 5) is 38.9. The van der Waals surface area contributed by atoms with Gasteiger partial charge in [0.2, 0.25) is 5.91 Å². The van der Waals surface area contributed by atoms with E-state index in [1.165, 1.54) is 18.7 Å². The maximum atomic E-state index is 12.9. The predicted molar refractivity (Wildman–Crippen MR) is 92.9 cm³/mol. The van der Waals surface area contributed by atoms with E-state index in [1.807, 2.05) is 20.8 Å². The number of hydrogen-bond donors (Lipinski definition) is 2. The topological polar surface area (TPSA) is 117 Å². The third kappa shape index (κ3) is 4.04. The van der Waals surface area contributed by atoms with Crippen molar-refractivity contribution < 1.29 is 9.59 Å². The molecule has 0 unspecified atom stereocenters. The number of H-pyrrole nitrogens is 1. The number of aryl methyl sites for hydroxylation is 1. The number of likely N-dealkylation sites (tertiary alicyclic amines) is 1. The van der Waals surface area contributed by atoms with Crippen LogP contribution in [0.25, 0.3) is 0 Å². The minimum Gasteiger partial charge on any atom is -0.351 e. The van der Waals surface area contributed by atoms with Crippen LogP contribution >= 0.6 is 0 Å². The number of aromatic amines is 1. The molecular formula is C17H23N7O2. The molecular weight excluding hydrogens is 334 g/mol. The van der Waals surface area contributed by atoms with E-state index >= 15 is 0 Å². The van der Waals surface area contributed by atoms with Gasteiger partial charge in [0, 0.05) is 31.4 Å². The maximum absolute atomic E-state index is 12.9. The van der Waals surface area contributed by atoms with Gasteiger partial charge in [0.05, 0.1) is 11.6 Å². The monoisotopic (exact) mass is 357 g/mol. The van der Waals surface area contributed by atoms with Gasteiger partial charge in [-0.25, -0.2) is 15.0 Å². The summed E-state index contributed by atoms with van der Waals surface area (Å²) in [6.07, 6.45) is 5.38. The number of carbonyl (C=O) groups excluding carboxylic acids is 2. The van der Waals surface area contributed by atoms with Gasteiger partial charge in [0.15, 0.2) is 5.82 Å². The second kappa shape index (κ2) is 7.59. The van der Waals surface area contributed by atoms with Gasteiger partial charge >= 0.3 is 0 Å². The van der Waals surface area contributed by atoms with Crippen LogP contribution in [0, 0.1) is 12.8 Å². The number of amides is 2. The van der Waals surface area contributed by atoms with Gasteiger partial charge < -0.3 is 10.2 Å². The maximum Gasteiger partial charge on any atom is 0.257 e. The Bertz CT molecular complexity index is 774. The van der Waals surface area contributed by atoms with Crippen molar-refractivity contribution in [1.82, 2.24) is 35.4 Å². The molecule has 138 valence electrons. The lowest BCUT2D eigenvalue weighted by Gasteiger charge is -2.22. The number of carbonyl (C=O) groups is 2. The van der Waals surface area contributed by atoms with Crippen LogP contribution in [-0.2, 0) is 4.79 Å². The number of hydrogen-bond acceptors (Lipinski definition) is 6. The van der Waals surface area contributed by atoms with Crippen LogP contribution in [0.1, 0.15) is 54.7 Å². The zero-order chi connectivity index (χ0) is 18.7. The summed E-state index contributed by atoms with van der Waals surface area (Å²) in [6.45, 7) is 6.21. The first kappa shape index (κ1) is 18.0. The second-order valence-electron chi connectivity index (χ2n) is 6.98. The fourth-order valence-electron chi connectivity index (χ4n) is 3.15. The van der Waals surface area contributed by atoms with Gasteiger partial charge in [-0.15, -0.1) is 0 Å². The molecule has 0 radical (unpaired) electrons. The van der Waals surface area contributed by atoms with Gasteiger partial charge in [-0.05, 0) is 19.3 Å². The van der Waals surface area contributed by atoms with Crippen LogP contribution in [-0.4, -0.2) is 54.5 Å². The van der Waals surface area contributed by atoms with E-state index in [2.05, 4.69) is 30.5 Å². The highest BCUT2D eigenvalue weighted by Crippen LogP contribution is 2.31. The SMILES string of the molecule is Cc1nc([C@@H]2C[C@H](NC(=O)CC(C)C)CN2C(=O)c2cncnc2)n[nH]1. The molecule has 0 spiro atoms. The lowest BCUT2D eigenvalue weighted by atomic mass is 10.1. The number of aromatic nitrogens is 5. The number of nitrogens with one attached hydrogen (secondary N) is 2. The second-order valence-corrected chi connectivity index (χ2v) is 6.98. The minimum atomic E-state index is -0.308. The Morgan fingerprint density at radius 3 is 2.69 bits per heavy atom. The first-order valence-corrected chi connectivity index (χ1v) is 8.68. The van der Waals surface area contributed by atoms with Crippen LogP contribution in [0.5, 0.6) is 0 Å². The van der Waals surface area contributed by atoms with Gasteiger partial charge in [-0.1, -0.05) is 13.8 Å². The van der Waals surface area contributed by atoms with Crippen molar-refractivity contribution >= 4 is 11.8 Å². The molecule has 0 saturated carbocycles. The van der Waals surface area contributed by atoms with Gasteiger partial charge in [0.25, 0.3) is 5.91 Å². The molecule has 9 nitrogen and oxygen atoms in total. The third-order valence-electron chi connectivity index (χ3n) is 4.24. The minimum absolute atomic E-state index is 0.00717. The summed E-state index contributed by atoms with van der Waals surface area (Å²) in [5, 5.41) is 10.1. The van der Waals surface area contributed by atoms with E-state index in [0.29, 0.717) is 36.6 Å². The van der Waals surface area contributed by atoms with Crippen molar-refractivity contribution in [1.29, 1.82) is 0 Å². The van der Waals surface area contributed by atoms with Crippen molar-refractivity contribution in [3.63, 3.8) is 0 Å². The summed E-state index contributed by atoms with van der Waals surface area (Å²) in [5.41, 5.74) is 0.402. The summed E-state index contributed by atoms with van der Waals surface area (Å²) < 4.78 is 0. The molecule has 2 atom stereocenters. The van der Waals surface area contributed by atoms with Gasteiger partial charge in [-0.3, -0.25) is 14.7 Å². The van der Waals surface area contributed by atoms with Crippen molar-refractivity contribution in [3.05, 3.63) is 35.9 Å². The molecule has 3 rings (SSSR count). The Kier molecular flexibility index (Phi) is 5.24. The van der Waals surface area contributed by atoms with Crippen LogP contribution < -0.4 is 5.32 Å². The molecule has 9 heteroatoms. The normalized spacial score (nSPS) is 19.8. The van der Waals surface area contributed by atoms with Crippen molar-refractivity contribution in [2.45, 2.75) is 45.7 Å². The Morgan fingerprint density at radius 1 is 1.35 bits per heavy atom. The third-order valence-corrected chi connectivity index (χ3v) is 4.24. The molecule has 1 saturated heterocycles. The Morgan fingerprint density at radius 2 is 2.08 bits per heavy atom. The van der Waals surface area contributed by atoms with Gasteiger partial charge in [0.1, 0.15) is 12.2 Å². The lowest BCUT2D eigenvalue weighted by molar-refractivity contribution is -0.122. The highest BCUT2D eigenvalue weighted by atomic mass is 16.2. The fourth-order valence-corrected chi connectivity index (χ4v) is 3.15. The lowest BCUT2D eigenvalue weighted by Crippen LogP contribution is -2.39. The van der Waals surface area contributed by atoms with Crippen LogP contribution in [0.2, 0.25) is 0 Å². The zero-order valence-corrected chi connectivity index (χ0v) is 15.1. The first-order chi connectivity index (χ1) is 12.4. The Labute approximate surface area is 151 Å². The smallest absolute Gasteiger partial charge is 0.257 e. The molecule has 2 aromatic heterocycles. The van der Waals surface area contributed by atoms with Crippen LogP contribution in [0.3, 0.4) is 0 Å². The molecule has 1 aliphatic rings. The summed E-state index contributed by atoms with van der Waals surface area (Å²) >= 11 is 0. The Balaban J connectivity index is 1.80. The molecule has 2 aromatic rings. The average molecular weight is 357 g/mol. The Hall–Kier alpha value is -2.84. The molecule has 3 heterocycles. The highest BCUT2D eigenvalue weighted by molar-refractivity contribution is 5.94. The molecule has 1 fully saturated rings. The largest absolute Gasteiger partial charge is 0.351 e. The standard InChI is InChI=1S/C17H23N7O2/c1-10(2)4-15(25)21-13-5-14(16-20-11(3)22-23-16)24(8-13)17(26)12-6-18-9-19-7-12/h6-7,9-10,13-14H,4-5,8H2,1-3H3,(H,21,25)(H,20,22,23)/t13-,14-/m0/s1. The van der Waals surface area contributed by atoms with Crippen LogP contribution in [0.15, 0.2) is 18.7 Å². The van der Waals surface area contributed by atoms with Crippen molar-refractivity contribution in [2.24, 2.45) is 5.92 Å². The van der Waals surface area contributed by atoms with E-state index in [4.69, 9.17) is 0 Å². The fraction of sp³-hybridized carbons (Fsp3) is 0.529. The summed E-state index contributed by atoms with van der Waals surface area (Å²) in [5.74, 6) is 1.31. The van der Waals surface area contributed by atoms with Crippen molar-refractivity contribution in [2.75, 3.05) is 6.54 Å². The molecule has 2 amide bonds. The summed E-state index contributed by atoms with van der Waals surface area (Å²) in [6, 6.07) is -0.448. The van der Waals surface area contributed by atoms with Crippen molar-refractivity contribution in [3.8, 4) is 0 Å². The van der Waals surface area contributed by atoms with E-state index in [-0.39, 0.29) is 29.8 Å². The zero-order valence-electron chi connectivity index (χ0n) is 15.1. The van der Waals surface area contributed by atoms with E-state index in [0.717, 1.165) is 0 Å². The predicted octanol–water partition coefficient (Wildman–Crippen LogP) is 1.02. The van der Waals surface area contributed by atoms with Gasteiger partial charge in [-0.2, -0.15) is 5.10 Å².